The van der Waals surface area contributed by atoms with Crippen molar-refractivity contribution < 1.29 is 9.15 Å². The Labute approximate surface area is 117 Å². The number of rotatable bonds is 1. The average Bonchev–Trinajstić information content (AvgIpc) is 2.92. The van der Waals surface area contributed by atoms with Crippen molar-refractivity contribution in [2.75, 3.05) is 14.2 Å². The van der Waals surface area contributed by atoms with Gasteiger partial charge in [0.25, 0.3) is 0 Å². The van der Waals surface area contributed by atoms with Gasteiger partial charge in [-0.3, -0.25) is 0 Å². The Morgan fingerprint density at radius 2 is 1.70 bits per heavy atom. The second kappa shape index (κ2) is 6.50. The minimum Gasteiger partial charge on any atom is -0.436 e. The Morgan fingerprint density at radius 3 is 2.30 bits per heavy atom. The van der Waals surface area contributed by atoms with Gasteiger partial charge in [-0.05, 0) is 36.4 Å². The number of nitrogens with zero attached hydrogens (tertiary/aromatic N) is 2. The number of aromatic nitrogens is 1. The van der Waals surface area contributed by atoms with E-state index in [4.69, 9.17) is 9.68 Å². The second-order valence-corrected chi connectivity index (χ2v) is 4.08. The first-order valence-electron chi connectivity index (χ1n) is 6.04. The molecule has 3 aromatic rings. The van der Waals surface area contributed by atoms with E-state index in [0.717, 1.165) is 16.7 Å². The van der Waals surface area contributed by atoms with Gasteiger partial charge >= 0.3 is 0 Å². The molecule has 0 radical (unpaired) electrons. The lowest BCUT2D eigenvalue weighted by atomic mass is 10.1. The summed E-state index contributed by atoms with van der Waals surface area (Å²) in [5.74, 6) is 0.579. The van der Waals surface area contributed by atoms with Crippen LogP contribution in [0.5, 0.6) is 0 Å². The van der Waals surface area contributed by atoms with Crippen LogP contribution < -0.4 is 0 Å². The topological polar surface area (TPSA) is 59.0 Å². The molecule has 3 rings (SSSR count). The Bertz CT molecular complexity index is 691. The van der Waals surface area contributed by atoms with Gasteiger partial charge in [0, 0.05) is 19.8 Å². The third-order valence-corrected chi connectivity index (χ3v) is 2.55. The van der Waals surface area contributed by atoms with E-state index in [0.29, 0.717) is 11.5 Å². The number of ether oxygens (including phenoxy) is 1. The average molecular weight is 266 g/mol. The van der Waals surface area contributed by atoms with E-state index in [1.165, 1.54) is 0 Å². The molecule has 4 heteroatoms. The summed E-state index contributed by atoms with van der Waals surface area (Å²) < 4.78 is 9.88. The van der Waals surface area contributed by atoms with Crippen molar-refractivity contribution >= 4 is 11.1 Å². The Balaban J connectivity index is 0.000000452. The summed E-state index contributed by atoms with van der Waals surface area (Å²) in [5, 5.41) is 8.72. The smallest absolute Gasteiger partial charge is 0.227 e. The predicted molar refractivity (Wildman–Crippen MR) is 77.1 cm³/mol. The maximum Gasteiger partial charge on any atom is 0.227 e. The van der Waals surface area contributed by atoms with Crippen LogP contribution in [0.1, 0.15) is 5.56 Å². The Kier molecular flexibility index (Phi) is 4.48. The van der Waals surface area contributed by atoms with Gasteiger partial charge < -0.3 is 9.15 Å². The number of fused-ring (bicyclic) bond motifs is 1. The third kappa shape index (κ3) is 3.02. The maximum absolute atomic E-state index is 8.72. The van der Waals surface area contributed by atoms with Gasteiger partial charge in [-0.2, -0.15) is 5.26 Å². The van der Waals surface area contributed by atoms with Gasteiger partial charge in [0.2, 0.25) is 5.89 Å². The van der Waals surface area contributed by atoms with Gasteiger partial charge in [0.05, 0.1) is 11.6 Å². The summed E-state index contributed by atoms with van der Waals surface area (Å²) in [5.41, 5.74) is 3.11. The van der Waals surface area contributed by atoms with Crippen molar-refractivity contribution in [1.82, 2.24) is 4.98 Å². The molecule has 0 saturated heterocycles. The molecule has 0 aliphatic heterocycles. The SMILES string of the molecule is COC.N#Cc1ccc(-c2nc3ccccc3o2)cc1. The van der Waals surface area contributed by atoms with Gasteiger partial charge in [-0.25, -0.2) is 4.98 Å². The monoisotopic (exact) mass is 266 g/mol. The fourth-order valence-corrected chi connectivity index (χ4v) is 1.68. The fraction of sp³-hybridized carbons (Fsp3) is 0.125. The number of para-hydroxylation sites is 2. The predicted octanol–water partition coefficient (Wildman–Crippen LogP) is 3.63. The first kappa shape index (κ1) is 13.8. The minimum absolute atomic E-state index is 0.579. The van der Waals surface area contributed by atoms with Crippen LogP contribution in [0.15, 0.2) is 52.9 Å². The summed E-state index contributed by atoms with van der Waals surface area (Å²) in [6.45, 7) is 0. The van der Waals surface area contributed by atoms with Crippen molar-refractivity contribution in [2.24, 2.45) is 0 Å². The summed E-state index contributed by atoms with van der Waals surface area (Å²) >= 11 is 0. The van der Waals surface area contributed by atoms with Gasteiger partial charge in [-0.1, -0.05) is 12.1 Å². The maximum atomic E-state index is 8.72. The first-order valence-corrected chi connectivity index (χ1v) is 6.04. The van der Waals surface area contributed by atoms with Crippen molar-refractivity contribution in [3.63, 3.8) is 0 Å². The number of oxazole rings is 1. The number of methoxy groups -OCH3 is 1. The van der Waals surface area contributed by atoms with Crippen LogP contribution in [0.25, 0.3) is 22.6 Å². The molecule has 0 unspecified atom stereocenters. The van der Waals surface area contributed by atoms with E-state index in [2.05, 4.69) is 15.8 Å². The summed E-state index contributed by atoms with van der Waals surface area (Å²) in [6, 6.07) is 16.9. The van der Waals surface area contributed by atoms with Crippen LogP contribution in [0.3, 0.4) is 0 Å². The van der Waals surface area contributed by atoms with Gasteiger partial charge in [0.1, 0.15) is 5.52 Å². The second-order valence-electron chi connectivity index (χ2n) is 4.08. The number of nitriles is 1. The highest BCUT2D eigenvalue weighted by atomic mass is 16.4. The van der Waals surface area contributed by atoms with E-state index >= 15 is 0 Å². The minimum atomic E-state index is 0.579. The zero-order valence-electron chi connectivity index (χ0n) is 11.3. The summed E-state index contributed by atoms with van der Waals surface area (Å²) in [6.07, 6.45) is 0. The van der Waals surface area contributed by atoms with E-state index in [9.17, 15) is 0 Å². The lowest BCUT2D eigenvalue weighted by Gasteiger charge is -1.93. The molecule has 0 N–H and O–H groups in total. The highest BCUT2D eigenvalue weighted by Crippen LogP contribution is 2.23. The molecule has 100 valence electrons. The largest absolute Gasteiger partial charge is 0.436 e. The number of benzene rings is 2. The molecule has 0 saturated carbocycles. The van der Waals surface area contributed by atoms with Crippen LogP contribution in [0.2, 0.25) is 0 Å². The lowest BCUT2D eigenvalue weighted by molar-refractivity contribution is 0.277. The molecule has 0 aliphatic rings. The van der Waals surface area contributed by atoms with E-state index in [1.807, 2.05) is 36.4 Å². The van der Waals surface area contributed by atoms with Crippen LogP contribution >= 0.6 is 0 Å². The van der Waals surface area contributed by atoms with Crippen molar-refractivity contribution in [3.8, 4) is 17.5 Å². The molecular weight excluding hydrogens is 252 g/mol. The van der Waals surface area contributed by atoms with Crippen molar-refractivity contribution in [3.05, 3.63) is 54.1 Å². The van der Waals surface area contributed by atoms with Crippen LogP contribution in [-0.2, 0) is 4.74 Å². The quantitative estimate of drug-likeness (QED) is 0.674. The van der Waals surface area contributed by atoms with Crippen LogP contribution in [0, 0.1) is 11.3 Å². The molecule has 2 aromatic carbocycles. The molecule has 0 spiro atoms. The first-order chi connectivity index (χ1) is 9.78. The zero-order chi connectivity index (χ0) is 14.4. The van der Waals surface area contributed by atoms with Gasteiger partial charge in [-0.15, -0.1) is 0 Å². The molecule has 0 bridgehead atoms. The third-order valence-electron chi connectivity index (χ3n) is 2.55. The molecular formula is C16H14N2O2. The highest BCUT2D eigenvalue weighted by molar-refractivity contribution is 5.76. The molecule has 0 aliphatic carbocycles. The van der Waals surface area contributed by atoms with Crippen molar-refractivity contribution in [2.45, 2.75) is 0 Å². The molecule has 1 aromatic heterocycles. The molecule has 0 atom stereocenters. The van der Waals surface area contributed by atoms with Gasteiger partial charge in [0.15, 0.2) is 5.58 Å². The standard InChI is InChI=1S/C14H8N2O.C2H6O/c15-9-10-5-7-11(8-6-10)14-16-12-3-1-2-4-13(12)17-14;1-3-2/h1-8H;1-2H3. The van der Waals surface area contributed by atoms with Crippen LogP contribution in [0.4, 0.5) is 0 Å². The fourth-order valence-electron chi connectivity index (χ4n) is 1.68. The van der Waals surface area contributed by atoms with E-state index in [1.54, 1.807) is 26.4 Å². The molecule has 4 nitrogen and oxygen atoms in total. The number of hydrogen-bond donors (Lipinski definition) is 0. The normalized spacial score (nSPS) is 9.65. The molecule has 1 heterocycles. The highest BCUT2D eigenvalue weighted by Gasteiger charge is 2.06. The Hall–Kier alpha value is -2.64. The molecule has 0 fully saturated rings. The van der Waals surface area contributed by atoms with Crippen molar-refractivity contribution in [1.29, 1.82) is 5.26 Å². The molecule has 20 heavy (non-hydrogen) atoms. The number of hydrogen-bond acceptors (Lipinski definition) is 4. The zero-order valence-corrected chi connectivity index (χ0v) is 11.3. The van der Waals surface area contributed by atoms with Crippen LogP contribution in [-0.4, -0.2) is 19.2 Å². The Morgan fingerprint density at radius 1 is 1.05 bits per heavy atom. The molecule has 0 amide bonds. The summed E-state index contributed by atoms with van der Waals surface area (Å²) in [7, 11) is 3.25. The summed E-state index contributed by atoms with van der Waals surface area (Å²) in [4.78, 5) is 4.39. The van der Waals surface area contributed by atoms with E-state index in [-0.39, 0.29) is 0 Å². The van der Waals surface area contributed by atoms with E-state index < -0.39 is 0 Å². The lowest BCUT2D eigenvalue weighted by Crippen LogP contribution is -1.78.